The van der Waals surface area contributed by atoms with Crippen molar-refractivity contribution >= 4 is 5.91 Å². The van der Waals surface area contributed by atoms with Crippen molar-refractivity contribution in [3.05, 3.63) is 35.7 Å². The van der Waals surface area contributed by atoms with Crippen LogP contribution in [0.4, 0.5) is 0 Å². The Hall–Kier alpha value is -2.17. The fourth-order valence-electron chi connectivity index (χ4n) is 3.22. The maximum absolute atomic E-state index is 12.4. The van der Waals surface area contributed by atoms with Crippen molar-refractivity contribution in [2.75, 3.05) is 7.05 Å². The normalized spacial score (nSPS) is 15.4. The molecule has 1 saturated carbocycles. The van der Waals surface area contributed by atoms with Crippen LogP contribution in [-0.4, -0.2) is 28.0 Å². The Kier molecular flexibility index (Phi) is 5.28. The highest BCUT2D eigenvalue weighted by Crippen LogP contribution is 2.27. The van der Waals surface area contributed by atoms with E-state index in [1.807, 2.05) is 31.2 Å². The molecule has 0 radical (unpaired) electrons. The van der Waals surface area contributed by atoms with Gasteiger partial charge in [-0.2, -0.15) is 4.98 Å². The number of rotatable bonds is 5. The number of amides is 1. The summed E-state index contributed by atoms with van der Waals surface area (Å²) < 4.78 is 5.31. The smallest absolute Gasteiger partial charge is 0.246 e. The number of hydrogen-bond acceptors (Lipinski definition) is 4. The van der Waals surface area contributed by atoms with Crippen molar-refractivity contribution in [1.82, 2.24) is 15.0 Å². The molecule has 0 aliphatic heterocycles. The number of carbonyl (C=O) groups is 1. The van der Waals surface area contributed by atoms with Crippen molar-refractivity contribution in [2.45, 2.75) is 52.0 Å². The van der Waals surface area contributed by atoms with Crippen molar-refractivity contribution in [2.24, 2.45) is 5.92 Å². The van der Waals surface area contributed by atoms with Crippen LogP contribution in [0.2, 0.25) is 0 Å². The summed E-state index contributed by atoms with van der Waals surface area (Å²) >= 11 is 0. The minimum Gasteiger partial charge on any atom is -0.337 e. The Balaban J connectivity index is 1.57. The SMILES string of the molecule is Cc1ccc(-c2noc(CN(C)C(=O)CC3CCCCC3)n2)cc1. The van der Waals surface area contributed by atoms with Gasteiger partial charge in [-0.25, -0.2) is 0 Å². The zero-order valence-corrected chi connectivity index (χ0v) is 14.5. The van der Waals surface area contributed by atoms with Crippen molar-refractivity contribution < 1.29 is 9.32 Å². The van der Waals surface area contributed by atoms with E-state index in [1.54, 1.807) is 11.9 Å². The van der Waals surface area contributed by atoms with Gasteiger partial charge in [0.25, 0.3) is 0 Å². The highest BCUT2D eigenvalue weighted by atomic mass is 16.5. The summed E-state index contributed by atoms with van der Waals surface area (Å²) in [4.78, 5) is 18.5. The number of benzene rings is 1. The maximum Gasteiger partial charge on any atom is 0.246 e. The van der Waals surface area contributed by atoms with Crippen LogP contribution in [0.3, 0.4) is 0 Å². The van der Waals surface area contributed by atoms with Crippen LogP contribution in [0.25, 0.3) is 11.4 Å². The third-order valence-electron chi connectivity index (χ3n) is 4.76. The Morgan fingerprint density at radius 2 is 1.92 bits per heavy atom. The van der Waals surface area contributed by atoms with Crippen molar-refractivity contribution in [3.8, 4) is 11.4 Å². The van der Waals surface area contributed by atoms with Crippen LogP contribution in [-0.2, 0) is 11.3 Å². The van der Waals surface area contributed by atoms with Gasteiger partial charge < -0.3 is 9.42 Å². The molecule has 2 aromatic rings. The molecule has 24 heavy (non-hydrogen) atoms. The number of nitrogens with zero attached hydrogens (tertiary/aromatic N) is 3. The van der Waals surface area contributed by atoms with E-state index in [-0.39, 0.29) is 5.91 Å². The molecule has 0 bridgehead atoms. The van der Waals surface area contributed by atoms with E-state index in [2.05, 4.69) is 10.1 Å². The van der Waals surface area contributed by atoms with E-state index in [1.165, 1.54) is 37.7 Å². The molecular weight excluding hydrogens is 302 g/mol. The van der Waals surface area contributed by atoms with Gasteiger partial charge in [-0.3, -0.25) is 4.79 Å². The summed E-state index contributed by atoms with van der Waals surface area (Å²) in [5, 5.41) is 4.02. The Labute approximate surface area is 143 Å². The number of hydrogen-bond donors (Lipinski definition) is 0. The first kappa shape index (κ1) is 16.7. The fourth-order valence-corrected chi connectivity index (χ4v) is 3.22. The second-order valence-corrected chi connectivity index (χ2v) is 6.84. The molecule has 1 amide bonds. The van der Waals surface area contributed by atoms with E-state index in [9.17, 15) is 4.79 Å². The molecule has 1 aliphatic carbocycles. The topological polar surface area (TPSA) is 59.2 Å². The minimum atomic E-state index is 0.164. The molecular formula is C19H25N3O2. The molecule has 1 heterocycles. The fraction of sp³-hybridized carbons (Fsp3) is 0.526. The Morgan fingerprint density at radius 1 is 1.21 bits per heavy atom. The molecule has 1 aromatic carbocycles. The largest absolute Gasteiger partial charge is 0.337 e. The molecule has 1 aromatic heterocycles. The lowest BCUT2D eigenvalue weighted by Gasteiger charge is -2.23. The van der Waals surface area contributed by atoms with Crippen molar-refractivity contribution in [3.63, 3.8) is 0 Å². The molecule has 128 valence electrons. The zero-order chi connectivity index (χ0) is 16.9. The van der Waals surface area contributed by atoms with Crippen LogP contribution >= 0.6 is 0 Å². The van der Waals surface area contributed by atoms with Gasteiger partial charge in [-0.05, 0) is 25.7 Å². The number of carbonyl (C=O) groups excluding carboxylic acids is 1. The molecule has 0 atom stereocenters. The van der Waals surface area contributed by atoms with Crippen molar-refractivity contribution in [1.29, 1.82) is 0 Å². The lowest BCUT2D eigenvalue weighted by atomic mass is 9.87. The summed E-state index contributed by atoms with van der Waals surface area (Å²) in [5.41, 5.74) is 2.11. The quantitative estimate of drug-likeness (QED) is 0.833. The van der Waals surface area contributed by atoms with Crippen LogP contribution in [0.5, 0.6) is 0 Å². The zero-order valence-electron chi connectivity index (χ0n) is 14.5. The second-order valence-electron chi connectivity index (χ2n) is 6.84. The molecule has 1 aliphatic rings. The van der Waals surface area contributed by atoms with Gasteiger partial charge in [-0.1, -0.05) is 54.2 Å². The predicted molar refractivity (Wildman–Crippen MR) is 92.1 cm³/mol. The van der Waals surface area contributed by atoms with E-state index in [0.717, 1.165) is 5.56 Å². The van der Waals surface area contributed by atoms with Gasteiger partial charge in [-0.15, -0.1) is 0 Å². The molecule has 0 unspecified atom stereocenters. The van der Waals surface area contributed by atoms with E-state index < -0.39 is 0 Å². The van der Waals surface area contributed by atoms with Gasteiger partial charge in [0.1, 0.15) is 0 Å². The van der Waals surface area contributed by atoms with Gasteiger partial charge >= 0.3 is 0 Å². The highest BCUT2D eigenvalue weighted by molar-refractivity contribution is 5.76. The number of aromatic nitrogens is 2. The third-order valence-corrected chi connectivity index (χ3v) is 4.76. The van der Waals surface area contributed by atoms with Crippen LogP contribution in [0.1, 0.15) is 50.0 Å². The average Bonchev–Trinajstić information content (AvgIpc) is 3.05. The van der Waals surface area contributed by atoms with E-state index >= 15 is 0 Å². The summed E-state index contributed by atoms with van der Waals surface area (Å²) in [6.45, 7) is 2.41. The summed E-state index contributed by atoms with van der Waals surface area (Å²) in [7, 11) is 1.81. The van der Waals surface area contributed by atoms with Gasteiger partial charge in [0.2, 0.25) is 17.6 Å². The first-order valence-corrected chi connectivity index (χ1v) is 8.75. The summed E-state index contributed by atoms with van der Waals surface area (Å²) in [6, 6.07) is 7.99. The standard InChI is InChI=1S/C19H25N3O2/c1-14-8-10-16(11-9-14)19-20-17(24-21-19)13-22(2)18(23)12-15-6-4-3-5-7-15/h8-11,15H,3-7,12-13H2,1-2H3. The first-order chi connectivity index (χ1) is 11.6. The minimum absolute atomic E-state index is 0.164. The highest BCUT2D eigenvalue weighted by Gasteiger charge is 2.20. The maximum atomic E-state index is 12.4. The molecule has 0 N–H and O–H groups in total. The molecule has 1 fully saturated rings. The van der Waals surface area contributed by atoms with Crippen LogP contribution < -0.4 is 0 Å². The number of aryl methyl sites for hydroxylation is 1. The summed E-state index contributed by atoms with van der Waals surface area (Å²) in [6.07, 6.45) is 6.81. The molecule has 3 rings (SSSR count). The van der Waals surface area contributed by atoms with Gasteiger partial charge in [0, 0.05) is 19.0 Å². The predicted octanol–water partition coefficient (Wildman–Crippen LogP) is 3.97. The van der Waals surface area contributed by atoms with E-state index in [0.29, 0.717) is 30.6 Å². The Bertz CT molecular complexity index is 672. The van der Waals surface area contributed by atoms with Crippen LogP contribution in [0.15, 0.2) is 28.8 Å². The molecule has 0 spiro atoms. The third kappa shape index (κ3) is 4.22. The molecule has 5 heteroatoms. The lowest BCUT2D eigenvalue weighted by Crippen LogP contribution is -2.28. The Morgan fingerprint density at radius 3 is 2.62 bits per heavy atom. The first-order valence-electron chi connectivity index (χ1n) is 8.75. The van der Waals surface area contributed by atoms with Crippen LogP contribution in [0, 0.1) is 12.8 Å². The average molecular weight is 327 g/mol. The monoisotopic (exact) mass is 327 g/mol. The van der Waals surface area contributed by atoms with Gasteiger partial charge in [0.05, 0.1) is 6.54 Å². The lowest BCUT2D eigenvalue weighted by molar-refractivity contribution is -0.132. The molecule has 0 saturated heterocycles. The van der Waals surface area contributed by atoms with Gasteiger partial charge in [0.15, 0.2) is 0 Å². The van der Waals surface area contributed by atoms with E-state index in [4.69, 9.17) is 4.52 Å². The molecule has 5 nitrogen and oxygen atoms in total. The second kappa shape index (κ2) is 7.60. The summed E-state index contributed by atoms with van der Waals surface area (Å²) in [5.74, 6) is 1.75.